The summed E-state index contributed by atoms with van der Waals surface area (Å²) in [6.45, 7) is 10.1. The normalized spacial score (nSPS) is 14.7. The predicted molar refractivity (Wildman–Crippen MR) is 158 cm³/mol. The fourth-order valence-corrected chi connectivity index (χ4v) is 5.99. The van der Waals surface area contributed by atoms with Crippen molar-refractivity contribution < 1.29 is 14.3 Å². The number of nitrogens with zero attached hydrogens (tertiary/aromatic N) is 4. The number of thiophene rings is 1. The topological polar surface area (TPSA) is 61.5 Å². The van der Waals surface area contributed by atoms with Crippen molar-refractivity contribution in [2.24, 2.45) is 7.05 Å². The van der Waals surface area contributed by atoms with Gasteiger partial charge in [-0.15, -0.1) is 11.3 Å². The Morgan fingerprint density at radius 3 is 2.51 bits per heavy atom. The Balaban J connectivity index is 1.18. The van der Waals surface area contributed by atoms with Gasteiger partial charge in [0.2, 0.25) is 0 Å². The number of carbonyl (C=O) groups is 1. The Morgan fingerprint density at radius 1 is 1.10 bits per heavy atom. The van der Waals surface area contributed by atoms with Crippen LogP contribution >= 0.6 is 11.3 Å². The summed E-state index contributed by atoms with van der Waals surface area (Å²) in [7, 11) is 2.13. The van der Waals surface area contributed by atoms with Crippen molar-refractivity contribution in [2.75, 3.05) is 13.1 Å². The van der Waals surface area contributed by atoms with E-state index in [0.29, 0.717) is 13.1 Å². The molecule has 0 unspecified atom stereocenters. The van der Waals surface area contributed by atoms with Crippen LogP contribution in [0.2, 0.25) is 0 Å². The monoisotopic (exact) mass is 548 g/mol. The van der Waals surface area contributed by atoms with Crippen LogP contribution in [0.15, 0.2) is 48.0 Å². The quantitative estimate of drug-likeness (QED) is 0.236. The van der Waals surface area contributed by atoms with E-state index in [1.54, 1.807) is 16.2 Å². The van der Waals surface area contributed by atoms with Crippen LogP contribution in [0.5, 0.6) is 5.75 Å². The zero-order valence-corrected chi connectivity index (χ0v) is 24.6. The molecular formula is C31H40N4O3S. The summed E-state index contributed by atoms with van der Waals surface area (Å²) in [4.78, 5) is 19.1. The lowest BCUT2D eigenvalue weighted by Crippen LogP contribution is -2.44. The lowest BCUT2D eigenvalue weighted by Gasteiger charge is -2.33. The van der Waals surface area contributed by atoms with E-state index >= 15 is 0 Å². The van der Waals surface area contributed by atoms with Crippen molar-refractivity contribution in [3.63, 3.8) is 0 Å². The fraction of sp³-hybridized carbons (Fsp3) is 0.484. The lowest BCUT2D eigenvalue weighted by molar-refractivity contribution is 0.0126. The molecule has 1 aliphatic heterocycles. The number of hydrogen-bond acceptors (Lipinski definition) is 5. The van der Waals surface area contributed by atoms with E-state index in [4.69, 9.17) is 14.5 Å². The Hall–Kier alpha value is -3.26. The zero-order chi connectivity index (χ0) is 27.6. The first kappa shape index (κ1) is 27.3. The molecule has 1 amide bonds. The van der Waals surface area contributed by atoms with Gasteiger partial charge in [0, 0.05) is 45.7 Å². The van der Waals surface area contributed by atoms with E-state index in [1.807, 2.05) is 20.8 Å². The molecule has 1 fully saturated rings. The summed E-state index contributed by atoms with van der Waals surface area (Å²) in [6.07, 6.45) is 6.70. The van der Waals surface area contributed by atoms with Crippen LogP contribution in [0.25, 0.3) is 21.7 Å². The third-order valence-electron chi connectivity index (χ3n) is 7.19. The van der Waals surface area contributed by atoms with Gasteiger partial charge in [-0.05, 0) is 68.8 Å². The summed E-state index contributed by atoms with van der Waals surface area (Å²) in [5.74, 6) is 1.92. The largest absolute Gasteiger partial charge is 0.490 e. The summed E-state index contributed by atoms with van der Waals surface area (Å²) in [6, 6.07) is 12.9. The van der Waals surface area contributed by atoms with Crippen molar-refractivity contribution >= 4 is 27.6 Å². The molecule has 7 nitrogen and oxygen atoms in total. The molecule has 8 heteroatoms. The second-order valence-corrected chi connectivity index (χ2v) is 12.4. The second-order valence-electron chi connectivity index (χ2n) is 11.4. The number of aryl methyl sites for hydroxylation is 4. The van der Waals surface area contributed by atoms with Crippen LogP contribution in [-0.2, 0) is 31.2 Å². The molecule has 1 aromatic carbocycles. The number of carbonyl (C=O) groups excluding carboxylic acids is 1. The highest BCUT2D eigenvalue weighted by Crippen LogP contribution is 2.31. The molecule has 0 N–H and O–H groups in total. The highest BCUT2D eigenvalue weighted by atomic mass is 32.1. The Bertz CT molecular complexity index is 1400. The number of imidazole rings is 1. The number of aromatic nitrogens is 3. The third-order valence-corrected chi connectivity index (χ3v) is 8.04. The van der Waals surface area contributed by atoms with Gasteiger partial charge >= 0.3 is 6.09 Å². The molecule has 0 spiro atoms. The minimum Gasteiger partial charge on any atom is -0.490 e. The number of likely N-dealkylation sites (tertiary alicyclic amines) is 1. The molecule has 0 saturated carbocycles. The van der Waals surface area contributed by atoms with E-state index < -0.39 is 5.60 Å². The summed E-state index contributed by atoms with van der Waals surface area (Å²) < 4.78 is 17.6. The van der Waals surface area contributed by atoms with Gasteiger partial charge < -0.3 is 23.5 Å². The van der Waals surface area contributed by atoms with E-state index in [2.05, 4.69) is 71.1 Å². The van der Waals surface area contributed by atoms with Crippen LogP contribution in [0, 0.1) is 0 Å². The molecule has 208 valence electrons. The number of fused-ring (bicyclic) bond motifs is 1. The van der Waals surface area contributed by atoms with Gasteiger partial charge in [-0.25, -0.2) is 9.78 Å². The molecule has 5 rings (SSSR count). The fourth-order valence-electron chi connectivity index (χ4n) is 5.15. The third kappa shape index (κ3) is 6.49. The van der Waals surface area contributed by atoms with Crippen molar-refractivity contribution in [2.45, 2.75) is 78.0 Å². The molecule has 0 bridgehead atoms. The Morgan fingerprint density at radius 2 is 1.85 bits per heavy atom. The molecular weight excluding hydrogens is 508 g/mol. The standard InChI is InChI=1S/C31H40N4O3S/c1-6-7-23-21-35(29(32-23)27-20-28-26(33(27)5)15-19-39-28)16-12-22-8-10-24(11-9-22)37-25-13-17-34(18-14-25)30(36)38-31(2,3)4/h8-11,15,19-21,25H,6-7,12-14,16-18H2,1-5H3. The zero-order valence-electron chi connectivity index (χ0n) is 23.8. The molecule has 39 heavy (non-hydrogen) atoms. The first-order chi connectivity index (χ1) is 18.7. The van der Waals surface area contributed by atoms with Gasteiger partial charge in [-0.2, -0.15) is 0 Å². The average Bonchev–Trinajstić information content (AvgIpc) is 3.59. The minimum atomic E-state index is -0.471. The highest BCUT2D eigenvalue weighted by Gasteiger charge is 2.27. The molecule has 1 aliphatic rings. The smallest absolute Gasteiger partial charge is 0.410 e. The Labute approximate surface area is 235 Å². The van der Waals surface area contributed by atoms with Gasteiger partial charge in [0.1, 0.15) is 17.5 Å². The number of piperidine rings is 1. The molecule has 1 saturated heterocycles. The van der Waals surface area contributed by atoms with Crippen LogP contribution < -0.4 is 4.74 Å². The van der Waals surface area contributed by atoms with Gasteiger partial charge in [-0.1, -0.05) is 25.5 Å². The van der Waals surface area contributed by atoms with Gasteiger partial charge in [0.25, 0.3) is 0 Å². The molecule has 4 aromatic rings. The maximum absolute atomic E-state index is 12.3. The second kappa shape index (κ2) is 11.5. The molecule has 0 atom stereocenters. The molecule has 0 radical (unpaired) electrons. The van der Waals surface area contributed by atoms with E-state index in [-0.39, 0.29) is 12.2 Å². The maximum Gasteiger partial charge on any atom is 0.410 e. The first-order valence-corrected chi connectivity index (χ1v) is 14.9. The number of rotatable bonds is 8. The number of hydrogen-bond donors (Lipinski definition) is 0. The summed E-state index contributed by atoms with van der Waals surface area (Å²) in [5.41, 5.74) is 4.38. The summed E-state index contributed by atoms with van der Waals surface area (Å²) in [5, 5.41) is 2.14. The number of benzene rings is 1. The van der Waals surface area contributed by atoms with Crippen molar-refractivity contribution in [3.05, 3.63) is 59.2 Å². The van der Waals surface area contributed by atoms with Gasteiger partial charge in [-0.3, -0.25) is 0 Å². The molecule has 4 heterocycles. The van der Waals surface area contributed by atoms with Crippen LogP contribution in [-0.4, -0.2) is 49.9 Å². The van der Waals surface area contributed by atoms with E-state index in [0.717, 1.165) is 55.9 Å². The molecule has 3 aromatic heterocycles. The van der Waals surface area contributed by atoms with Gasteiger partial charge in [0.15, 0.2) is 5.82 Å². The number of amides is 1. The Kier molecular flexibility index (Phi) is 8.03. The van der Waals surface area contributed by atoms with E-state index in [9.17, 15) is 4.79 Å². The summed E-state index contributed by atoms with van der Waals surface area (Å²) >= 11 is 1.77. The van der Waals surface area contributed by atoms with Crippen molar-refractivity contribution in [3.8, 4) is 17.3 Å². The lowest BCUT2D eigenvalue weighted by atomic mass is 10.1. The SMILES string of the molecule is CCCc1cn(CCc2ccc(OC3CCN(C(=O)OC(C)(C)C)CC3)cc2)c(-c2cc3sccc3n2C)n1. The predicted octanol–water partition coefficient (Wildman–Crippen LogP) is 7.08. The highest BCUT2D eigenvalue weighted by molar-refractivity contribution is 7.17. The average molecular weight is 549 g/mol. The van der Waals surface area contributed by atoms with Crippen LogP contribution in [0.3, 0.4) is 0 Å². The number of ether oxygens (including phenoxy) is 2. The van der Waals surface area contributed by atoms with Crippen molar-refractivity contribution in [1.82, 2.24) is 19.0 Å². The van der Waals surface area contributed by atoms with Crippen LogP contribution in [0.1, 0.15) is 58.2 Å². The van der Waals surface area contributed by atoms with Gasteiger partial charge in [0.05, 0.1) is 21.6 Å². The first-order valence-electron chi connectivity index (χ1n) is 14.0. The maximum atomic E-state index is 12.3. The minimum absolute atomic E-state index is 0.111. The van der Waals surface area contributed by atoms with Crippen LogP contribution in [0.4, 0.5) is 4.79 Å². The van der Waals surface area contributed by atoms with E-state index in [1.165, 1.54) is 21.5 Å². The van der Waals surface area contributed by atoms with Crippen molar-refractivity contribution in [1.29, 1.82) is 0 Å². The molecule has 0 aliphatic carbocycles.